The summed E-state index contributed by atoms with van der Waals surface area (Å²) >= 11 is 0. The summed E-state index contributed by atoms with van der Waals surface area (Å²) in [7, 11) is 0. The van der Waals surface area contributed by atoms with Crippen molar-refractivity contribution in [3.8, 4) is 0 Å². The van der Waals surface area contributed by atoms with Crippen molar-refractivity contribution in [3.05, 3.63) is 35.4 Å². The highest BCUT2D eigenvalue weighted by Gasteiger charge is 2.22. The first-order chi connectivity index (χ1) is 10.2. The van der Waals surface area contributed by atoms with Crippen LogP contribution in [-0.4, -0.2) is 35.1 Å². The standard InChI is InChI=1S/C18H25NO2/c20-17-10-12-19(13-11-17)18(21)16-8-6-15(7-9-16)14-4-2-1-3-5-14/h6-9,14,17,20H,1-5,10-13H2. The lowest BCUT2D eigenvalue weighted by molar-refractivity contribution is 0.0546. The summed E-state index contributed by atoms with van der Waals surface area (Å²) in [5.41, 5.74) is 2.17. The van der Waals surface area contributed by atoms with Crippen LogP contribution in [0.3, 0.4) is 0 Å². The van der Waals surface area contributed by atoms with E-state index in [2.05, 4.69) is 12.1 Å². The number of amides is 1. The van der Waals surface area contributed by atoms with E-state index >= 15 is 0 Å². The van der Waals surface area contributed by atoms with Crippen LogP contribution < -0.4 is 0 Å². The smallest absolute Gasteiger partial charge is 0.253 e. The highest BCUT2D eigenvalue weighted by molar-refractivity contribution is 5.94. The van der Waals surface area contributed by atoms with Crippen LogP contribution in [0.4, 0.5) is 0 Å². The molecule has 2 fully saturated rings. The molecule has 1 heterocycles. The zero-order valence-corrected chi connectivity index (χ0v) is 12.6. The van der Waals surface area contributed by atoms with Gasteiger partial charge in [0.25, 0.3) is 5.91 Å². The second-order valence-corrected chi connectivity index (χ2v) is 6.48. The fourth-order valence-corrected chi connectivity index (χ4v) is 3.59. The van der Waals surface area contributed by atoms with E-state index in [1.165, 1.54) is 37.7 Å². The number of carbonyl (C=O) groups excluding carboxylic acids is 1. The van der Waals surface area contributed by atoms with Gasteiger partial charge in [-0.25, -0.2) is 0 Å². The Morgan fingerprint density at radius 3 is 2.19 bits per heavy atom. The van der Waals surface area contributed by atoms with Gasteiger partial charge in [-0.1, -0.05) is 31.4 Å². The van der Waals surface area contributed by atoms with Crippen molar-refractivity contribution in [2.24, 2.45) is 0 Å². The van der Waals surface area contributed by atoms with Crippen molar-refractivity contribution in [1.82, 2.24) is 4.90 Å². The molecule has 1 amide bonds. The number of aliphatic hydroxyl groups excluding tert-OH is 1. The second-order valence-electron chi connectivity index (χ2n) is 6.48. The van der Waals surface area contributed by atoms with Crippen LogP contribution >= 0.6 is 0 Å². The van der Waals surface area contributed by atoms with Crippen molar-refractivity contribution in [3.63, 3.8) is 0 Å². The average Bonchev–Trinajstić information content (AvgIpc) is 2.56. The van der Waals surface area contributed by atoms with E-state index in [0.717, 1.165) is 5.56 Å². The molecule has 1 saturated heterocycles. The maximum Gasteiger partial charge on any atom is 0.253 e. The Morgan fingerprint density at radius 1 is 0.952 bits per heavy atom. The van der Waals surface area contributed by atoms with Crippen molar-refractivity contribution < 1.29 is 9.90 Å². The largest absolute Gasteiger partial charge is 0.393 e. The van der Waals surface area contributed by atoms with Gasteiger partial charge < -0.3 is 10.0 Å². The molecule has 3 nitrogen and oxygen atoms in total. The third-order valence-electron chi connectivity index (χ3n) is 4.99. The number of rotatable bonds is 2. The molecule has 2 aliphatic rings. The predicted octanol–water partition coefficient (Wildman–Crippen LogP) is 3.33. The summed E-state index contributed by atoms with van der Waals surface area (Å²) in [6, 6.07) is 8.25. The number of hydrogen-bond donors (Lipinski definition) is 1. The van der Waals surface area contributed by atoms with Gasteiger partial charge in [-0.2, -0.15) is 0 Å². The third-order valence-corrected chi connectivity index (χ3v) is 4.99. The third kappa shape index (κ3) is 3.46. The lowest BCUT2D eigenvalue weighted by atomic mass is 9.84. The first-order valence-corrected chi connectivity index (χ1v) is 8.31. The molecule has 3 heteroatoms. The number of aliphatic hydroxyl groups is 1. The van der Waals surface area contributed by atoms with Gasteiger partial charge >= 0.3 is 0 Å². The van der Waals surface area contributed by atoms with Gasteiger partial charge in [0.2, 0.25) is 0 Å². The molecule has 3 rings (SSSR count). The number of hydrogen-bond acceptors (Lipinski definition) is 2. The maximum absolute atomic E-state index is 12.4. The predicted molar refractivity (Wildman–Crippen MR) is 83.4 cm³/mol. The molecule has 21 heavy (non-hydrogen) atoms. The summed E-state index contributed by atoms with van der Waals surface area (Å²) in [5.74, 6) is 0.796. The van der Waals surface area contributed by atoms with Gasteiger partial charge in [-0.05, 0) is 49.3 Å². The van der Waals surface area contributed by atoms with Gasteiger partial charge in [0, 0.05) is 18.7 Å². The highest BCUT2D eigenvalue weighted by Crippen LogP contribution is 2.32. The topological polar surface area (TPSA) is 40.5 Å². The van der Waals surface area contributed by atoms with Crippen molar-refractivity contribution in [2.75, 3.05) is 13.1 Å². The van der Waals surface area contributed by atoms with Crippen LogP contribution in [0.1, 0.15) is 66.8 Å². The number of carbonyl (C=O) groups is 1. The van der Waals surface area contributed by atoms with E-state index in [9.17, 15) is 9.90 Å². The highest BCUT2D eigenvalue weighted by atomic mass is 16.3. The number of piperidine rings is 1. The molecule has 1 N–H and O–H groups in total. The van der Waals surface area contributed by atoms with Crippen LogP contribution in [0, 0.1) is 0 Å². The Hall–Kier alpha value is -1.35. The summed E-state index contributed by atoms with van der Waals surface area (Å²) in [4.78, 5) is 14.3. The molecule has 114 valence electrons. The van der Waals surface area contributed by atoms with E-state index in [1.807, 2.05) is 17.0 Å². The fourth-order valence-electron chi connectivity index (χ4n) is 3.59. The molecule has 1 aliphatic heterocycles. The van der Waals surface area contributed by atoms with Gasteiger partial charge in [0.05, 0.1) is 6.10 Å². The molecule has 0 bridgehead atoms. The fraction of sp³-hybridized carbons (Fsp3) is 0.611. The molecular weight excluding hydrogens is 262 g/mol. The molecule has 1 aromatic rings. The molecule has 1 saturated carbocycles. The molecule has 0 unspecified atom stereocenters. The molecular formula is C18H25NO2. The Kier molecular flexibility index (Phi) is 4.59. The lowest BCUT2D eigenvalue weighted by Gasteiger charge is -2.29. The van der Waals surface area contributed by atoms with E-state index in [-0.39, 0.29) is 12.0 Å². The van der Waals surface area contributed by atoms with E-state index in [1.54, 1.807) is 0 Å². The molecule has 1 aliphatic carbocycles. The first-order valence-electron chi connectivity index (χ1n) is 8.31. The van der Waals surface area contributed by atoms with Crippen molar-refractivity contribution >= 4 is 5.91 Å². The minimum Gasteiger partial charge on any atom is -0.393 e. The minimum atomic E-state index is -0.234. The monoisotopic (exact) mass is 287 g/mol. The summed E-state index contributed by atoms with van der Waals surface area (Å²) in [5, 5.41) is 9.52. The Balaban J connectivity index is 1.64. The zero-order chi connectivity index (χ0) is 14.7. The van der Waals surface area contributed by atoms with Gasteiger partial charge in [-0.3, -0.25) is 4.79 Å². The number of benzene rings is 1. The molecule has 0 radical (unpaired) electrons. The molecule has 0 aromatic heterocycles. The van der Waals surface area contributed by atoms with E-state index in [0.29, 0.717) is 31.8 Å². The number of likely N-dealkylation sites (tertiary alicyclic amines) is 1. The Bertz CT molecular complexity index is 468. The van der Waals surface area contributed by atoms with Crippen LogP contribution in [0.25, 0.3) is 0 Å². The van der Waals surface area contributed by atoms with Gasteiger partial charge in [0.1, 0.15) is 0 Å². The minimum absolute atomic E-state index is 0.108. The average molecular weight is 287 g/mol. The summed E-state index contributed by atoms with van der Waals surface area (Å²) in [6.45, 7) is 1.34. The zero-order valence-electron chi connectivity index (χ0n) is 12.6. The van der Waals surface area contributed by atoms with Gasteiger partial charge in [-0.15, -0.1) is 0 Å². The van der Waals surface area contributed by atoms with Crippen LogP contribution in [-0.2, 0) is 0 Å². The van der Waals surface area contributed by atoms with Crippen LogP contribution in [0.5, 0.6) is 0 Å². The van der Waals surface area contributed by atoms with Gasteiger partial charge in [0.15, 0.2) is 0 Å². The van der Waals surface area contributed by atoms with Crippen molar-refractivity contribution in [2.45, 2.75) is 57.0 Å². The maximum atomic E-state index is 12.4. The molecule has 1 aromatic carbocycles. The normalized spacial score (nSPS) is 21.5. The SMILES string of the molecule is O=C(c1ccc(C2CCCCC2)cc1)N1CCC(O)CC1. The summed E-state index contributed by atoms with van der Waals surface area (Å²) in [6.07, 6.45) is 7.78. The van der Waals surface area contributed by atoms with Crippen molar-refractivity contribution in [1.29, 1.82) is 0 Å². The van der Waals surface area contributed by atoms with Crippen LogP contribution in [0.2, 0.25) is 0 Å². The van der Waals surface area contributed by atoms with E-state index < -0.39 is 0 Å². The lowest BCUT2D eigenvalue weighted by Crippen LogP contribution is -2.40. The molecule has 0 atom stereocenters. The second kappa shape index (κ2) is 6.61. The Labute approximate surface area is 127 Å². The number of nitrogens with zero attached hydrogens (tertiary/aromatic N) is 1. The summed E-state index contributed by atoms with van der Waals surface area (Å²) < 4.78 is 0. The first kappa shape index (κ1) is 14.6. The van der Waals surface area contributed by atoms with Crippen LogP contribution in [0.15, 0.2) is 24.3 Å². The molecule has 0 spiro atoms. The quantitative estimate of drug-likeness (QED) is 0.906. The van der Waals surface area contributed by atoms with E-state index in [4.69, 9.17) is 0 Å². The Morgan fingerprint density at radius 2 is 1.57 bits per heavy atom.